The van der Waals surface area contributed by atoms with Crippen LogP contribution in [0, 0.1) is 0 Å². The third-order valence-corrected chi connectivity index (χ3v) is 2.04. The Bertz CT molecular complexity index is 309. The first-order valence-electron chi connectivity index (χ1n) is 3.44. The van der Waals surface area contributed by atoms with Crippen molar-refractivity contribution in [3.8, 4) is 0 Å². The van der Waals surface area contributed by atoms with Crippen LogP contribution in [0.3, 0.4) is 0 Å². The van der Waals surface area contributed by atoms with Crippen molar-refractivity contribution in [2.24, 2.45) is 0 Å². The molecule has 12 heavy (non-hydrogen) atoms. The van der Waals surface area contributed by atoms with Gasteiger partial charge in [0.05, 0.1) is 0 Å². The minimum absolute atomic E-state index is 0.149. The Morgan fingerprint density at radius 3 is 2.92 bits per heavy atom. The van der Waals surface area contributed by atoms with Crippen molar-refractivity contribution in [1.29, 1.82) is 0 Å². The summed E-state index contributed by atoms with van der Waals surface area (Å²) in [4.78, 5) is 10.6. The third-order valence-electron chi connectivity index (χ3n) is 1.61. The fraction of sp³-hybridized carbons (Fsp3) is 0.286. The van der Waals surface area contributed by atoms with Gasteiger partial charge in [-0.2, -0.15) is 0 Å². The highest BCUT2D eigenvalue weighted by Gasteiger charge is 2.26. The van der Waals surface area contributed by atoms with E-state index in [0.717, 1.165) is 0 Å². The molecule has 2 heterocycles. The maximum atomic E-state index is 10.6. The molecule has 1 saturated heterocycles. The Kier molecular flexibility index (Phi) is 1.80. The quantitative estimate of drug-likeness (QED) is 0.803. The van der Waals surface area contributed by atoms with Crippen LogP contribution in [-0.4, -0.2) is 12.7 Å². The number of cyclic esters (lactones) is 1. The highest BCUT2D eigenvalue weighted by molar-refractivity contribution is 9.10. The number of hydrogen-bond acceptors (Lipinski definition) is 3. The molecule has 0 radical (unpaired) electrons. The van der Waals surface area contributed by atoms with Crippen molar-refractivity contribution >= 4 is 22.0 Å². The molecule has 0 aromatic carbocycles. The van der Waals surface area contributed by atoms with Gasteiger partial charge in [-0.15, -0.1) is 0 Å². The van der Waals surface area contributed by atoms with E-state index in [2.05, 4.69) is 21.2 Å². The van der Waals surface area contributed by atoms with Gasteiger partial charge < -0.3 is 14.5 Å². The van der Waals surface area contributed by atoms with E-state index in [1.165, 1.54) is 0 Å². The van der Waals surface area contributed by atoms with Gasteiger partial charge in [0.2, 0.25) is 0 Å². The Morgan fingerprint density at radius 1 is 1.58 bits per heavy atom. The molecule has 1 N–H and O–H groups in total. The van der Waals surface area contributed by atoms with Crippen molar-refractivity contribution in [2.75, 3.05) is 6.61 Å². The molecule has 1 aromatic rings. The Balaban J connectivity index is 2.15. The third kappa shape index (κ3) is 1.32. The molecule has 1 aromatic heterocycles. The summed E-state index contributed by atoms with van der Waals surface area (Å²) in [6.45, 7) is 0.332. The van der Waals surface area contributed by atoms with Crippen LogP contribution in [0.5, 0.6) is 0 Å². The summed E-state index contributed by atoms with van der Waals surface area (Å²) in [5.74, 6) is 0.702. The Morgan fingerprint density at radius 2 is 2.42 bits per heavy atom. The number of furan rings is 1. The van der Waals surface area contributed by atoms with Crippen LogP contribution in [0.25, 0.3) is 0 Å². The number of alkyl carbamates (subject to hydrolysis) is 1. The zero-order chi connectivity index (χ0) is 8.55. The molecule has 1 aliphatic heterocycles. The van der Waals surface area contributed by atoms with Gasteiger partial charge in [0.1, 0.15) is 18.4 Å². The average Bonchev–Trinajstić information content (AvgIpc) is 2.58. The van der Waals surface area contributed by atoms with Crippen molar-refractivity contribution in [2.45, 2.75) is 6.04 Å². The van der Waals surface area contributed by atoms with Gasteiger partial charge in [-0.1, -0.05) is 0 Å². The van der Waals surface area contributed by atoms with Crippen molar-refractivity contribution in [1.82, 2.24) is 5.32 Å². The van der Waals surface area contributed by atoms with Gasteiger partial charge in [0, 0.05) is 0 Å². The van der Waals surface area contributed by atoms with E-state index < -0.39 is 6.09 Å². The normalized spacial score (nSPS) is 22.1. The summed E-state index contributed by atoms with van der Waals surface area (Å²) in [5.41, 5.74) is 0. The highest BCUT2D eigenvalue weighted by atomic mass is 79.9. The van der Waals surface area contributed by atoms with E-state index in [1.807, 2.05) is 0 Å². The predicted octanol–water partition coefficient (Wildman–Crippen LogP) is 1.82. The second-order valence-corrected chi connectivity index (χ2v) is 3.22. The molecule has 0 spiro atoms. The van der Waals surface area contributed by atoms with E-state index in [0.29, 0.717) is 17.0 Å². The van der Waals surface area contributed by atoms with Gasteiger partial charge in [0.25, 0.3) is 0 Å². The van der Waals surface area contributed by atoms with Crippen LogP contribution < -0.4 is 5.32 Å². The fourth-order valence-electron chi connectivity index (χ4n) is 1.05. The van der Waals surface area contributed by atoms with E-state index in [-0.39, 0.29) is 6.04 Å². The molecule has 0 saturated carbocycles. The lowest BCUT2D eigenvalue weighted by molar-refractivity contribution is 0.176. The highest BCUT2D eigenvalue weighted by Crippen LogP contribution is 2.22. The first-order valence-corrected chi connectivity index (χ1v) is 4.23. The lowest BCUT2D eigenvalue weighted by Crippen LogP contribution is -2.17. The van der Waals surface area contributed by atoms with Gasteiger partial charge in [-0.25, -0.2) is 4.79 Å². The van der Waals surface area contributed by atoms with E-state index in [9.17, 15) is 4.79 Å². The van der Waals surface area contributed by atoms with Crippen LogP contribution >= 0.6 is 15.9 Å². The van der Waals surface area contributed by atoms with Gasteiger partial charge in [0.15, 0.2) is 4.67 Å². The second-order valence-electron chi connectivity index (χ2n) is 2.44. The van der Waals surface area contributed by atoms with Crippen LogP contribution in [0.1, 0.15) is 11.8 Å². The maximum absolute atomic E-state index is 10.6. The first-order chi connectivity index (χ1) is 5.75. The zero-order valence-corrected chi connectivity index (χ0v) is 7.63. The number of nitrogens with one attached hydrogen (secondary N) is 1. The molecule has 0 aliphatic carbocycles. The number of amides is 1. The first kappa shape index (κ1) is 7.67. The molecule has 0 bridgehead atoms. The zero-order valence-electron chi connectivity index (χ0n) is 6.04. The average molecular weight is 232 g/mol. The Hall–Kier alpha value is -0.970. The summed E-state index contributed by atoms with van der Waals surface area (Å²) in [7, 11) is 0. The van der Waals surface area contributed by atoms with Crippen LogP contribution in [0.15, 0.2) is 21.2 Å². The van der Waals surface area contributed by atoms with E-state index in [4.69, 9.17) is 9.15 Å². The number of rotatable bonds is 1. The second kappa shape index (κ2) is 2.82. The molecule has 1 aliphatic rings. The topological polar surface area (TPSA) is 51.5 Å². The minimum atomic E-state index is -0.396. The number of halogens is 1. The predicted molar refractivity (Wildman–Crippen MR) is 43.6 cm³/mol. The van der Waals surface area contributed by atoms with Crippen LogP contribution in [0.4, 0.5) is 4.79 Å². The summed E-state index contributed by atoms with van der Waals surface area (Å²) in [6.07, 6.45) is -0.396. The van der Waals surface area contributed by atoms with Crippen LogP contribution in [0.2, 0.25) is 0 Å². The number of hydrogen-bond donors (Lipinski definition) is 1. The van der Waals surface area contributed by atoms with Gasteiger partial charge in [-0.3, -0.25) is 0 Å². The summed E-state index contributed by atoms with van der Waals surface area (Å²) in [5, 5.41) is 2.61. The molecule has 64 valence electrons. The lowest BCUT2D eigenvalue weighted by Gasteiger charge is -2.00. The van der Waals surface area contributed by atoms with Crippen molar-refractivity contribution in [3.05, 3.63) is 22.6 Å². The van der Waals surface area contributed by atoms with Crippen LogP contribution in [-0.2, 0) is 4.74 Å². The lowest BCUT2D eigenvalue weighted by atomic mass is 10.2. The number of carbonyl (C=O) groups excluding carboxylic acids is 1. The summed E-state index contributed by atoms with van der Waals surface area (Å²) in [6, 6.07) is 3.42. The molecule has 0 unspecified atom stereocenters. The Labute approximate surface area is 77.0 Å². The minimum Gasteiger partial charge on any atom is -0.452 e. The maximum Gasteiger partial charge on any atom is 0.407 e. The summed E-state index contributed by atoms with van der Waals surface area (Å²) >= 11 is 3.17. The summed E-state index contributed by atoms with van der Waals surface area (Å²) < 4.78 is 10.6. The smallest absolute Gasteiger partial charge is 0.407 e. The SMILES string of the molecule is O=C1N[C@@H](c2ccc(Br)o2)CO1. The van der Waals surface area contributed by atoms with Crippen molar-refractivity contribution in [3.63, 3.8) is 0 Å². The largest absolute Gasteiger partial charge is 0.452 e. The monoisotopic (exact) mass is 231 g/mol. The van der Waals surface area contributed by atoms with Crippen molar-refractivity contribution < 1.29 is 13.9 Å². The molecule has 1 fully saturated rings. The van der Waals surface area contributed by atoms with Gasteiger partial charge >= 0.3 is 6.09 Å². The van der Waals surface area contributed by atoms with Gasteiger partial charge in [-0.05, 0) is 28.1 Å². The molecular weight excluding hydrogens is 226 g/mol. The van der Waals surface area contributed by atoms with E-state index in [1.54, 1.807) is 12.1 Å². The molecule has 1 atom stereocenters. The molecule has 5 heteroatoms. The number of carbonyl (C=O) groups is 1. The molecule has 1 amide bonds. The molecule has 4 nitrogen and oxygen atoms in total. The fourth-order valence-corrected chi connectivity index (χ4v) is 1.37. The standard InChI is InChI=1S/C7H6BrNO3/c8-6-2-1-5(12-6)4-3-11-7(10)9-4/h1-2,4H,3H2,(H,9,10)/t4-/m1/s1. The molecule has 2 rings (SSSR count). The molecular formula is C7H6BrNO3. The number of ether oxygens (including phenoxy) is 1. The van der Waals surface area contributed by atoms with E-state index >= 15 is 0 Å².